The van der Waals surface area contributed by atoms with E-state index < -0.39 is 0 Å². The fraction of sp³-hybridized carbons (Fsp3) is 0.0556. The Balaban J connectivity index is 0.902. The van der Waals surface area contributed by atoms with E-state index in [2.05, 4.69) is 279 Å². The van der Waals surface area contributed by atoms with Crippen LogP contribution in [0.3, 0.4) is 0 Å². The van der Waals surface area contributed by atoms with E-state index in [1.54, 1.807) is 0 Å². The first-order valence-corrected chi connectivity index (χ1v) is 26.2. The Bertz CT molecular complexity index is 4610. The minimum atomic E-state index is -0.348. The predicted molar refractivity (Wildman–Crippen MR) is 319 cm³/mol. The molecule has 0 saturated heterocycles. The van der Waals surface area contributed by atoms with Crippen molar-refractivity contribution in [2.45, 2.75) is 26.2 Å². The summed E-state index contributed by atoms with van der Waals surface area (Å²) in [7, 11) is 0. The van der Waals surface area contributed by atoms with Gasteiger partial charge in [0, 0.05) is 60.8 Å². The van der Waals surface area contributed by atoms with Gasteiger partial charge >= 0.3 is 0 Å². The van der Waals surface area contributed by atoms with Crippen molar-refractivity contribution < 1.29 is 8.83 Å². The first-order chi connectivity index (χ1) is 37.4. The van der Waals surface area contributed by atoms with Crippen LogP contribution in [0.25, 0.3) is 98.8 Å². The number of hydrogen-bond donors (Lipinski definition) is 0. The molecule has 0 N–H and O–H groups in total. The Labute approximate surface area is 440 Å². The lowest BCUT2D eigenvalue weighted by atomic mass is 9.67. The van der Waals surface area contributed by atoms with Crippen LogP contribution >= 0.6 is 0 Å². The van der Waals surface area contributed by atoms with Crippen molar-refractivity contribution in [1.82, 2.24) is 0 Å². The number of anilines is 6. The predicted octanol–water partition coefficient (Wildman–Crippen LogP) is 20.7. The van der Waals surface area contributed by atoms with E-state index in [1.165, 1.54) is 49.4 Å². The molecule has 76 heavy (non-hydrogen) atoms. The number of furan rings is 2. The van der Waals surface area contributed by atoms with Gasteiger partial charge in [0.25, 0.3) is 0 Å². The molecule has 0 atom stereocenters. The molecule has 0 spiro atoms. The Morgan fingerprint density at radius 1 is 0.316 bits per heavy atom. The molecule has 4 nitrogen and oxygen atoms in total. The molecule has 0 saturated carbocycles. The molecular formula is C72H50N2O2. The SMILES string of the molecule is Cc1c2c3c(cccc3c3cc(N(c4ccccc4)c4cccc5c4oc4c(-c6ccccc6)cccc45)ccc13)C(C)(C)c1cc(N(c3ccccc3)c3cccc4c3oc3c(-c5ccccc5)cccc34)ccc1-2. The maximum absolute atomic E-state index is 7.06. The van der Waals surface area contributed by atoms with Crippen molar-refractivity contribution >= 4 is 99.5 Å². The van der Waals surface area contributed by atoms with Gasteiger partial charge in [-0.1, -0.05) is 202 Å². The summed E-state index contributed by atoms with van der Waals surface area (Å²) in [6.07, 6.45) is 0. The Kier molecular flexibility index (Phi) is 9.79. The van der Waals surface area contributed by atoms with Crippen LogP contribution in [0.2, 0.25) is 0 Å². The van der Waals surface area contributed by atoms with Gasteiger partial charge in [-0.2, -0.15) is 0 Å². The third-order valence-electron chi connectivity index (χ3n) is 16.2. The zero-order valence-electron chi connectivity index (χ0n) is 42.4. The normalized spacial score (nSPS) is 12.8. The molecular weight excluding hydrogens is 925 g/mol. The average Bonchev–Trinajstić information content (AvgIpc) is 4.20. The monoisotopic (exact) mass is 974 g/mol. The summed E-state index contributed by atoms with van der Waals surface area (Å²) < 4.78 is 14.1. The van der Waals surface area contributed by atoms with Crippen molar-refractivity contribution in [2.24, 2.45) is 0 Å². The third-order valence-corrected chi connectivity index (χ3v) is 16.2. The largest absolute Gasteiger partial charge is 0.453 e. The molecule has 12 aromatic carbocycles. The minimum Gasteiger partial charge on any atom is -0.453 e. The van der Waals surface area contributed by atoms with E-state index in [0.717, 1.165) is 100 Å². The fourth-order valence-electron chi connectivity index (χ4n) is 12.7. The maximum Gasteiger partial charge on any atom is 0.159 e. The van der Waals surface area contributed by atoms with E-state index >= 15 is 0 Å². The molecule has 14 aromatic rings. The molecule has 2 heterocycles. The second-order valence-corrected chi connectivity index (χ2v) is 20.8. The number of nitrogens with zero attached hydrogens (tertiary/aromatic N) is 2. The summed E-state index contributed by atoms with van der Waals surface area (Å²) in [5, 5.41) is 9.40. The van der Waals surface area contributed by atoms with Gasteiger partial charge in [0.05, 0.1) is 11.4 Å². The van der Waals surface area contributed by atoms with Crippen molar-refractivity contribution in [1.29, 1.82) is 0 Å². The quantitative estimate of drug-likeness (QED) is 0.142. The highest BCUT2D eigenvalue weighted by Gasteiger charge is 2.36. The fourth-order valence-corrected chi connectivity index (χ4v) is 12.7. The van der Waals surface area contributed by atoms with Crippen molar-refractivity contribution in [3.05, 3.63) is 265 Å². The molecule has 2 aromatic heterocycles. The summed E-state index contributed by atoms with van der Waals surface area (Å²) in [4.78, 5) is 4.74. The maximum atomic E-state index is 7.06. The zero-order valence-corrected chi connectivity index (χ0v) is 42.4. The van der Waals surface area contributed by atoms with Gasteiger partial charge < -0.3 is 18.6 Å². The van der Waals surface area contributed by atoms with Gasteiger partial charge in [0.1, 0.15) is 11.2 Å². The highest BCUT2D eigenvalue weighted by atomic mass is 16.3. The van der Waals surface area contributed by atoms with Crippen LogP contribution < -0.4 is 9.80 Å². The molecule has 0 radical (unpaired) electrons. The summed E-state index contributed by atoms with van der Waals surface area (Å²) in [6.45, 7) is 7.12. The van der Waals surface area contributed by atoms with Crippen LogP contribution in [0.5, 0.6) is 0 Å². The Hall–Kier alpha value is -9.64. The number of rotatable bonds is 8. The summed E-state index contributed by atoms with van der Waals surface area (Å²) in [5.74, 6) is 0. The molecule has 0 bridgehead atoms. The van der Waals surface area contributed by atoms with Gasteiger partial charge in [0.15, 0.2) is 11.2 Å². The topological polar surface area (TPSA) is 32.8 Å². The van der Waals surface area contributed by atoms with E-state index in [-0.39, 0.29) is 5.41 Å². The lowest BCUT2D eigenvalue weighted by Gasteiger charge is -2.37. The van der Waals surface area contributed by atoms with Gasteiger partial charge in [-0.25, -0.2) is 0 Å². The number of para-hydroxylation sites is 6. The molecule has 1 aliphatic rings. The van der Waals surface area contributed by atoms with Gasteiger partial charge in [-0.15, -0.1) is 0 Å². The van der Waals surface area contributed by atoms with Crippen LogP contribution in [-0.4, -0.2) is 0 Å². The highest BCUT2D eigenvalue weighted by Crippen LogP contribution is 2.55. The van der Waals surface area contributed by atoms with Crippen LogP contribution in [0.1, 0.15) is 30.5 Å². The lowest BCUT2D eigenvalue weighted by Crippen LogP contribution is -2.25. The summed E-state index contributed by atoms with van der Waals surface area (Å²) in [6, 6.07) is 89.6. The first kappa shape index (κ1) is 43.9. The third kappa shape index (κ3) is 6.57. The van der Waals surface area contributed by atoms with Crippen molar-refractivity contribution in [3.8, 4) is 33.4 Å². The van der Waals surface area contributed by atoms with E-state index in [9.17, 15) is 0 Å². The van der Waals surface area contributed by atoms with E-state index in [1.807, 2.05) is 0 Å². The number of aryl methyl sites for hydroxylation is 1. The van der Waals surface area contributed by atoms with E-state index in [4.69, 9.17) is 8.83 Å². The summed E-state index contributed by atoms with van der Waals surface area (Å²) in [5.41, 5.74) is 20.3. The number of benzene rings is 12. The Morgan fingerprint density at radius 2 is 0.763 bits per heavy atom. The molecule has 360 valence electrons. The smallest absolute Gasteiger partial charge is 0.159 e. The second-order valence-electron chi connectivity index (χ2n) is 20.8. The molecule has 15 rings (SSSR count). The highest BCUT2D eigenvalue weighted by molar-refractivity contribution is 6.20. The van der Waals surface area contributed by atoms with Crippen LogP contribution in [0.4, 0.5) is 34.1 Å². The van der Waals surface area contributed by atoms with Crippen LogP contribution in [-0.2, 0) is 5.41 Å². The van der Waals surface area contributed by atoms with Gasteiger partial charge in [0.2, 0.25) is 0 Å². The number of hydrogen-bond acceptors (Lipinski definition) is 4. The standard InChI is InChI=1S/C72H50N2O2/c1-45-52-41-39-50(73(48-25-12-6-13-26-48)64-37-19-34-58-56-32-16-29-53(68(56)75-70(58)64)46-21-8-4-9-22-46)43-61(52)55-31-18-36-62-67(55)66(45)60-42-40-51(44-63(60)72(62,2)3)74(49-27-14-7-15-28-49)65-38-20-35-59-57-33-17-30-54(69(57)76-71(59)65)47-23-10-5-11-24-47/h4-44H,1-3H3. The number of fused-ring (bicyclic) bond motifs is 10. The minimum absolute atomic E-state index is 0.348. The average molecular weight is 975 g/mol. The van der Waals surface area contributed by atoms with Gasteiger partial charge in [-0.3, -0.25) is 0 Å². The second kappa shape index (κ2) is 17.0. The van der Waals surface area contributed by atoms with Crippen LogP contribution in [0, 0.1) is 6.92 Å². The molecule has 1 aliphatic carbocycles. The lowest BCUT2D eigenvalue weighted by molar-refractivity contribution is 0.645. The molecule has 0 unspecified atom stereocenters. The van der Waals surface area contributed by atoms with E-state index in [0.29, 0.717) is 0 Å². The summed E-state index contributed by atoms with van der Waals surface area (Å²) >= 11 is 0. The van der Waals surface area contributed by atoms with Crippen molar-refractivity contribution in [2.75, 3.05) is 9.80 Å². The molecule has 0 aliphatic heterocycles. The zero-order chi connectivity index (χ0) is 50.6. The van der Waals surface area contributed by atoms with Gasteiger partial charge in [-0.05, 0) is 128 Å². The Morgan fingerprint density at radius 3 is 1.30 bits per heavy atom. The van der Waals surface area contributed by atoms with Crippen LogP contribution in [0.15, 0.2) is 258 Å². The first-order valence-electron chi connectivity index (χ1n) is 26.2. The van der Waals surface area contributed by atoms with Crippen molar-refractivity contribution in [3.63, 3.8) is 0 Å². The molecule has 0 amide bonds. The molecule has 4 heteroatoms. The molecule has 0 fully saturated rings.